The van der Waals surface area contributed by atoms with Crippen LogP contribution in [-0.2, 0) is 4.79 Å². The first-order valence-corrected chi connectivity index (χ1v) is 5.86. The molecule has 0 aromatic heterocycles. The number of anilines is 1. The third-order valence-corrected chi connectivity index (χ3v) is 2.70. The Morgan fingerprint density at radius 1 is 1.28 bits per heavy atom. The molecule has 5 nitrogen and oxygen atoms in total. The van der Waals surface area contributed by atoms with Gasteiger partial charge in [-0.3, -0.25) is 10.1 Å². The average molecular weight is 252 g/mol. The molecule has 0 fully saturated rings. The first-order valence-electron chi connectivity index (χ1n) is 5.86. The van der Waals surface area contributed by atoms with Crippen LogP contribution in [0, 0.1) is 0 Å². The highest BCUT2D eigenvalue weighted by molar-refractivity contribution is 5.94. The number of aliphatic hydroxyl groups is 2. The van der Waals surface area contributed by atoms with Crippen LogP contribution in [0.15, 0.2) is 30.3 Å². The van der Waals surface area contributed by atoms with Gasteiger partial charge in [-0.15, -0.1) is 0 Å². The van der Waals surface area contributed by atoms with Crippen LogP contribution in [0.1, 0.15) is 13.8 Å². The minimum atomic E-state index is -0.868. The number of para-hydroxylation sites is 1. The van der Waals surface area contributed by atoms with E-state index in [0.717, 1.165) is 0 Å². The van der Waals surface area contributed by atoms with Gasteiger partial charge in [0.2, 0.25) is 5.91 Å². The lowest BCUT2D eigenvalue weighted by atomic mass is 10.0. The molecule has 100 valence electrons. The van der Waals surface area contributed by atoms with Gasteiger partial charge < -0.3 is 15.5 Å². The average Bonchev–Trinajstić information content (AvgIpc) is 2.39. The van der Waals surface area contributed by atoms with Crippen LogP contribution in [0.5, 0.6) is 0 Å². The van der Waals surface area contributed by atoms with E-state index in [9.17, 15) is 4.79 Å². The van der Waals surface area contributed by atoms with E-state index in [4.69, 9.17) is 10.2 Å². The highest BCUT2D eigenvalue weighted by atomic mass is 16.3. The number of rotatable bonds is 6. The summed E-state index contributed by atoms with van der Waals surface area (Å²) in [5.41, 5.74) is -0.154. The summed E-state index contributed by atoms with van der Waals surface area (Å²) in [4.78, 5) is 11.9. The third kappa shape index (κ3) is 4.10. The van der Waals surface area contributed by atoms with Crippen molar-refractivity contribution in [2.45, 2.75) is 25.4 Å². The SMILES string of the molecule is CC(NC(C)(CO)CO)C(=O)Nc1ccccc1. The third-order valence-electron chi connectivity index (χ3n) is 2.70. The summed E-state index contributed by atoms with van der Waals surface area (Å²) in [5, 5.41) is 24.0. The highest BCUT2D eigenvalue weighted by Gasteiger charge is 2.26. The van der Waals surface area contributed by atoms with Crippen LogP contribution >= 0.6 is 0 Å². The fraction of sp³-hybridized carbons (Fsp3) is 0.462. The maximum atomic E-state index is 11.9. The molecule has 4 N–H and O–H groups in total. The molecule has 0 spiro atoms. The molecular formula is C13H20N2O3. The molecular weight excluding hydrogens is 232 g/mol. The molecule has 0 aliphatic carbocycles. The van der Waals surface area contributed by atoms with Gasteiger partial charge in [0.25, 0.3) is 0 Å². The van der Waals surface area contributed by atoms with E-state index >= 15 is 0 Å². The van der Waals surface area contributed by atoms with Gasteiger partial charge in [-0.1, -0.05) is 18.2 Å². The summed E-state index contributed by atoms with van der Waals surface area (Å²) in [6.45, 7) is 2.85. The second-order valence-electron chi connectivity index (χ2n) is 4.60. The van der Waals surface area contributed by atoms with Gasteiger partial charge in [-0.2, -0.15) is 0 Å². The van der Waals surface area contributed by atoms with Crippen molar-refractivity contribution in [2.24, 2.45) is 0 Å². The summed E-state index contributed by atoms with van der Waals surface area (Å²) >= 11 is 0. The summed E-state index contributed by atoms with van der Waals surface area (Å²) < 4.78 is 0. The van der Waals surface area contributed by atoms with Gasteiger partial charge >= 0.3 is 0 Å². The fourth-order valence-corrected chi connectivity index (χ4v) is 1.50. The number of carbonyl (C=O) groups is 1. The lowest BCUT2D eigenvalue weighted by Crippen LogP contribution is -2.55. The summed E-state index contributed by atoms with van der Waals surface area (Å²) in [6, 6.07) is 8.60. The number of hydrogen-bond donors (Lipinski definition) is 4. The predicted molar refractivity (Wildman–Crippen MR) is 70.2 cm³/mol. The van der Waals surface area contributed by atoms with E-state index in [1.54, 1.807) is 26.0 Å². The van der Waals surface area contributed by atoms with Crippen LogP contribution < -0.4 is 10.6 Å². The number of carbonyl (C=O) groups excluding carboxylic acids is 1. The molecule has 0 aliphatic heterocycles. The Morgan fingerprint density at radius 3 is 2.33 bits per heavy atom. The fourth-order valence-electron chi connectivity index (χ4n) is 1.50. The van der Waals surface area contributed by atoms with E-state index in [1.165, 1.54) is 0 Å². The van der Waals surface area contributed by atoms with Gasteiger partial charge in [0.1, 0.15) is 0 Å². The van der Waals surface area contributed by atoms with Gasteiger partial charge in [0.15, 0.2) is 0 Å². The van der Waals surface area contributed by atoms with Crippen LogP contribution in [0.4, 0.5) is 5.69 Å². The van der Waals surface area contributed by atoms with Gasteiger partial charge in [-0.05, 0) is 26.0 Å². The zero-order chi connectivity index (χ0) is 13.6. The molecule has 1 aromatic carbocycles. The minimum absolute atomic E-state index is 0.214. The van der Waals surface area contributed by atoms with E-state index < -0.39 is 11.6 Å². The Kier molecular flexibility index (Phi) is 5.27. The van der Waals surface area contributed by atoms with Gasteiger partial charge in [-0.25, -0.2) is 0 Å². The second kappa shape index (κ2) is 6.49. The van der Waals surface area contributed by atoms with Crippen molar-refractivity contribution >= 4 is 11.6 Å². The Labute approximate surface area is 107 Å². The van der Waals surface area contributed by atoms with Crippen LogP contribution in [0.3, 0.4) is 0 Å². The zero-order valence-electron chi connectivity index (χ0n) is 10.7. The molecule has 0 aliphatic rings. The summed E-state index contributed by atoms with van der Waals surface area (Å²) in [6.07, 6.45) is 0. The molecule has 1 rings (SSSR count). The van der Waals surface area contributed by atoms with Crippen molar-refractivity contribution < 1.29 is 15.0 Å². The first-order chi connectivity index (χ1) is 8.50. The molecule has 0 saturated heterocycles. The maximum Gasteiger partial charge on any atom is 0.241 e. The topological polar surface area (TPSA) is 81.6 Å². The Balaban J connectivity index is 2.57. The van der Waals surface area contributed by atoms with Crippen molar-refractivity contribution in [1.82, 2.24) is 5.32 Å². The molecule has 1 atom stereocenters. The van der Waals surface area contributed by atoms with Crippen molar-refractivity contribution in [3.05, 3.63) is 30.3 Å². The van der Waals surface area contributed by atoms with Crippen molar-refractivity contribution in [2.75, 3.05) is 18.5 Å². The summed E-state index contributed by atoms with van der Waals surface area (Å²) in [5.74, 6) is -0.214. The standard InChI is InChI=1S/C13H20N2O3/c1-10(15-13(2,8-16)9-17)12(18)14-11-6-4-3-5-7-11/h3-7,10,15-17H,8-9H2,1-2H3,(H,14,18). The molecule has 1 aromatic rings. The van der Waals surface area contributed by atoms with E-state index in [0.29, 0.717) is 5.69 Å². The lowest BCUT2D eigenvalue weighted by Gasteiger charge is -2.29. The van der Waals surface area contributed by atoms with Crippen LogP contribution in [-0.4, -0.2) is 40.9 Å². The number of benzene rings is 1. The van der Waals surface area contributed by atoms with E-state index in [2.05, 4.69) is 10.6 Å². The Morgan fingerprint density at radius 2 is 1.83 bits per heavy atom. The number of hydrogen-bond acceptors (Lipinski definition) is 4. The first kappa shape index (κ1) is 14.6. The number of amides is 1. The molecule has 1 unspecified atom stereocenters. The lowest BCUT2D eigenvalue weighted by molar-refractivity contribution is -0.118. The maximum absolute atomic E-state index is 11.9. The molecule has 0 radical (unpaired) electrons. The second-order valence-corrected chi connectivity index (χ2v) is 4.60. The molecule has 0 heterocycles. The molecule has 1 amide bonds. The predicted octanol–water partition coefficient (Wildman–Crippen LogP) is 0.346. The molecule has 0 bridgehead atoms. The van der Waals surface area contributed by atoms with Crippen molar-refractivity contribution in [1.29, 1.82) is 0 Å². The Hall–Kier alpha value is -1.43. The molecule has 18 heavy (non-hydrogen) atoms. The minimum Gasteiger partial charge on any atom is -0.394 e. The van der Waals surface area contributed by atoms with E-state index in [-0.39, 0.29) is 19.1 Å². The van der Waals surface area contributed by atoms with Gasteiger partial charge in [0, 0.05) is 5.69 Å². The van der Waals surface area contributed by atoms with E-state index in [1.807, 2.05) is 18.2 Å². The quantitative estimate of drug-likeness (QED) is 0.589. The molecule has 5 heteroatoms. The van der Waals surface area contributed by atoms with Crippen molar-refractivity contribution in [3.63, 3.8) is 0 Å². The van der Waals surface area contributed by atoms with Crippen molar-refractivity contribution in [3.8, 4) is 0 Å². The van der Waals surface area contributed by atoms with Crippen LogP contribution in [0.2, 0.25) is 0 Å². The number of aliphatic hydroxyl groups excluding tert-OH is 2. The Bertz CT molecular complexity index is 377. The smallest absolute Gasteiger partial charge is 0.241 e. The van der Waals surface area contributed by atoms with Gasteiger partial charge in [0.05, 0.1) is 24.8 Å². The van der Waals surface area contributed by atoms with Crippen LogP contribution in [0.25, 0.3) is 0 Å². The normalized spacial score (nSPS) is 13.1. The largest absolute Gasteiger partial charge is 0.394 e. The highest BCUT2D eigenvalue weighted by Crippen LogP contribution is 2.07. The zero-order valence-corrected chi connectivity index (χ0v) is 10.7. The monoisotopic (exact) mass is 252 g/mol. The molecule has 0 saturated carbocycles. The summed E-state index contributed by atoms with van der Waals surface area (Å²) in [7, 11) is 0. The number of nitrogens with one attached hydrogen (secondary N) is 2.